The van der Waals surface area contributed by atoms with E-state index in [0.717, 1.165) is 0 Å². The summed E-state index contributed by atoms with van der Waals surface area (Å²) in [5.41, 5.74) is 1.36. The van der Waals surface area contributed by atoms with E-state index in [4.69, 9.17) is 32.8 Å². The van der Waals surface area contributed by atoms with Crippen molar-refractivity contribution in [2.45, 2.75) is 58.9 Å². The van der Waals surface area contributed by atoms with E-state index in [1.54, 1.807) is 52.0 Å². The molecule has 0 amide bonds. The normalized spacial score (nSPS) is 12.6. The SMILES string of the molecule is Cc1cc(/C(CCC(F)(F)F)=N/OCc2cc(Cl)cc(Cl)c2)ccc1C(=O)OC(C)(C)C. The Bertz CT molecular complexity index is 979. The van der Waals surface area contributed by atoms with Crippen molar-refractivity contribution in [3.05, 3.63) is 68.7 Å². The fraction of sp³-hybridized carbons (Fsp3) is 0.391. The van der Waals surface area contributed by atoms with Crippen molar-refractivity contribution in [1.29, 1.82) is 0 Å². The van der Waals surface area contributed by atoms with Crippen LogP contribution in [0, 0.1) is 6.92 Å². The zero-order chi connectivity index (χ0) is 24.1. The lowest BCUT2D eigenvalue weighted by molar-refractivity contribution is -0.132. The van der Waals surface area contributed by atoms with Gasteiger partial charge in [0.25, 0.3) is 0 Å². The molecule has 0 aliphatic heterocycles. The van der Waals surface area contributed by atoms with Gasteiger partial charge in [0.2, 0.25) is 0 Å². The molecular weight excluding hydrogens is 466 g/mol. The van der Waals surface area contributed by atoms with Crippen LogP contribution < -0.4 is 0 Å². The summed E-state index contributed by atoms with van der Waals surface area (Å²) in [5, 5.41) is 4.76. The second-order valence-corrected chi connectivity index (χ2v) is 9.11. The average molecular weight is 490 g/mol. The molecule has 32 heavy (non-hydrogen) atoms. The van der Waals surface area contributed by atoms with Gasteiger partial charge in [-0.05, 0) is 74.7 Å². The summed E-state index contributed by atoms with van der Waals surface area (Å²) in [6, 6.07) is 9.43. The molecule has 0 bridgehead atoms. The number of alkyl halides is 3. The first kappa shape index (κ1) is 26.0. The molecule has 0 saturated carbocycles. The van der Waals surface area contributed by atoms with Crippen LogP contribution >= 0.6 is 23.2 Å². The van der Waals surface area contributed by atoms with E-state index in [1.165, 1.54) is 12.1 Å². The fourth-order valence-corrected chi connectivity index (χ4v) is 3.36. The van der Waals surface area contributed by atoms with Crippen molar-refractivity contribution in [3.63, 3.8) is 0 Å². The molecule has 0 aromatic heterocycles. The number of carbonyl (C=O) groups excluding carboxylic acids is 1. The minimum Gasteiger partial charge on any atom is -0.456 e. The van der Waals surface area contributed by atoms with Crippen LogP contribution in [0.5, 0.6) is 0 Å². The molecule has 0 N–H and O–H groups in total. The smallest absolute Gasteiger partial charge is 0.389 e. The van der Waals surface area contributed by atoms with Crippen LogP contribution in [0.15, 0.2) is 41.6 Å². The molecule has 0 spiro atoms. The zero-order valence-corrected chi connectivity index (χ0v) is 19.7. The molecule has 0 atom stereocenters. The third-order valence-corrected chi connectivity index (χ3v) is 4.59. The van der Waals surface area contributed by atoms with Crippen molar-refractivity contribution in [2.24, 2.45) is 5.16 Å². The van der Waals surface area contributed by atoms with Crippen molar-refractivity contribution in [2.75, 3.05) is 0 Å². The number of esters is 1. The number of aryl methyl sites for hydroxylation is 1. The van der Waals surface area contributed by atoms with Gasteiger partial charge in [-0.2, -0.15) is 13.2 Å². The molecule has 4 nitrogen and oxygen atoms in total. The van der Waals surface area contributed by atoms with E-state index in [9.17, 15) is 18.0 Å². The quantitative estimate of drug-likeness (QED) is 0.229. The number of benzene rings is 2. The molecule has 2 aromatic carbocycles. The number of nitrogens with zero attached hydrogens (tertiary/aromatic N) is 1. The number of carbonyl (C=O) groups is 1. The van der Waals surface area contributed by atoms with Crippen LogP contribution in [0.2, 0.25) is 10.0 Å². The summed E-state index contributed by atoms with van der Waals surface area (Å²) in [6.07, 6.45) is -5.80. The first-order chi connectivity index (χ1) is 14.7. The third kappa shape index (κ3) is 8.71. The van der Waals surface area contributed by atoms with Crippen LogP contribution in [0.4, 0.5) is 13.2 Å². The van der Waals surface area contributed by atoms with Gasteiger partial charge < -0.3 is 9.57 Å². The van der Waals surface area contributed by atoms with E-state index < -0.39 is 24.2 Å². The van der Waals surface area contributed by atoms with Crippen LogP contribution in [-0.2, 0) is 16.2 Å². The molecule has 0 radical (unpaired) electrons. The maximum Gasteiger partial charge on any atom is 0.389 e. The van der Waals surface area contributed by atoms with Gasteiger partial charge in [0.15, 0.2) is 0 Å². The summed E-state index contributed by atoms with van der Waals surface area (Å²) in [6.45, 7) is 6.91. The summed E-state index contributed by atoms with van der Waals surface area (Å²) in [4.78, 5) is 17.7. The number of ether oxygens (including phenoxy) is 1. The van der Waals surface area contributed by atoms with E-state index in [1.807, 2.05) is 0 Å². The minimum atomic E-state index is -4.35. The largest absolute Gasteiger partial charge is 0.456 e. The molecule has 9 heteroatoms. The van der Waals surface area contributed by atoms with E-state index >= 15 is 0 Å². The van der Waals surface area contributed by atoms with Gasteiger partial charge in [0, 0.05) is 22.9 Å². The van der Waals surface area contributed by atoms with Crippen molar-refractivity contribution >= 4 is 34.9 Å². The van der Waals surface area contributed by atoms with Crippen molar-refractivity contribution in [3.8, 4) is 0 Å². The Morgan fingerprint density at radius 2 is 1.66 bits per heavy atom. The standard InChI is InChI=1S/C23H24Cl2F3NO3/c1-14-9-16(5-6-19(14)21(30)32-22(2,3)4)20(7-8-23(26,27)28)29-31-13-15-10-17(24)12-18(25)11-15/h5-6,9-12H,7-8,13H2,1-4H3/b29-20+. The van der Waals surface area contributed by atoms with Gasteiger partial charge in [-0.25, -0.2) is 4.79 Å². The number of hydrogen-bond acceptors (Lipinski definition) is 4. The van der Waals surface area contributed by atoms with E-state index in [-0.39, 0.29) is 18.7 Å². The number of halogens is 5. The van der Waals surface area contributed by atoms with Gasteiger partial charge in [0.05, 0.1) is 11.3 Å². The third-order valence-electron chi connectivity index (χ3n) is 4.15. The van der Waals surface area contributed by atoms with E-state index in [2.05, 4.69) is 5.16 Å². The monoisotopic (exact) mass is 489 g/mol. The van der Waals surface area contributed by atoms with Crippen LogP contribution in [0.25, 0.3) is 0 Å². The average Bonchev–Trinajstić information content (AvgIpc) is 2.61. The zero-order valence-electron chi connectivity index (χ0n) is 18.1. The molecule has 0 unspecified atom stereocenters. The number of hydrogen-bond donors (Lipinski definition) is 0. The number of rotatable bonds is 7. The molecule has 174 valence electrons. The van der Waals surface area contributed by atoms with Crippen molar-refractivity contribution < 1.29 is 27.5 Å². The molecule has 2 rings (SSSR count). The second kappa shape index (κ2) is 10.6. The lowest BCUT2D eigenvalue weighted by atomic mass is 9.99. The van der Waals surface area contributed by atoms with Crippen LogP contribution in [0.3, 0.4) is 0 Å². The van der Waals surface area contributed by atoms with Gasteiger partial charge in [-0.1, -0.05) is 34.4 Å². The van der Waals surface area contributed by atoms with E-state index in [0.29, 0.717) is 32.3 Å². The lowest BCUT2D eigenvalue weighted by Crippen LogP contribution is -2.24. The lowest BCUT2D eigenvalue weighted by Gasteiger charge is -2.20. The van der Waals surface area contributed by atoms with Crippen molar-refractivity contribution in [1.82, 2.24) is 0 Å². The van der Waals surface area contributed by atoms with Gasteiger partial charge in [-0.3, -0.25) is 0 Å². The summed E-state index contributed by atoms with van der Waals surface area (Å²) < 4.78 is 43.9. The fourth-order valence-electron chi connectivity index (χ4n) is 2.79. The second-order valence-electron chi connectivity index (χ2n) is 8.24. The predicted molar refractivity (Wildman–Crippen MR) is 119 cm³/mol. The highest BCUT2D eigenvalue weighted by molar-refractivity contribution is 6.34. The topological polar surface area (TPSA) is 47.9 Å². The van der Waals surface area contributed by atoms with Gasteiger partial charge >= 0.3 is 12.1 Å². The molecule has 0 aliphatic carbocycles. The van der Waals surface area contributed by atoms with Crippen LogP contribution in [-0.4, -0.2) is 23.5 Å². The highest BCUT2D eigenvalue weighted by Crippen LogP contribution is 2.25. The molecule has 2 aromatic rings. The Hall–Kier alpha value is -2.25. The Morgan fingerprint density at radius 3 is 2.19 bits per heavy atom. The Morgan fingerprint density at radius 1 is 1.03 bits per heavy atom. The molecule has 0 fully saturated rings. The molecular formula is C23H24Cl2F3NO3. The Balaban J connectivity index is 2.26. The summed E-state index contributed by atoms with van der Waals surface area (Å²) >= 11 is 11.9. The highest BCUT2D eigenvalue weighted by atomic mass is 35.5. The summed E-state index contributed by atoms with van der Waals surface area (Å²) in [5.74, 6) is -0.510. The molecule has 0 saturated heterocycles. The Kier molecular flexibility index (Phi) is 8.60. The minimum absolute atomic E-state index is 0.0230. The molecule has 0 heterocycles. The first-order valence-electron chi connectivity index (χ1n) is 9.78. The maximum absolute atomic E-state index is 12.8. The van der Waals surface area contributed by atoms with Gasteiger partial charge in [-0.15, -0.1) is 0 Å². The number of oxime groups is 1. The highest BCUT2D eigenvalue weighted by Gasteiger charge is 2.28. The van der Waals surface area contributed by atoms with Crippen LogP contribution in [0.1, 0.15) is 60.7 Å². The predicted octanol–water partition coefficient (Wildman–Crippen LogP) is 7.52. The van der Waals surface area contributed by atoms with Gasteiger partial charge in [0.1, 0.15) is 12.2 Å². The Labute approximate surface area is 195 Å². The first-order valence-corrected chi connectivity index (χ1v) is 10.5. The maximum atomic E-state index is 12.8. The summed E-state index contributed by atoms with van der Waals surface area (Å²) in [7, 11) is 0. The molecule has 0 aliphatic rings.